The molecule has 1 aliphatic heterocycles. The summed E-state index contributed by atoms with van der Waals surface area (Å²) in [5.41, 5.74) is 5.49. The third-order valence-electron chi connectivity index (χ3n) is 8.74. The van der Waals surface area contributed by atoms with E-state index in [1.165, 1.54) is 5.57 Å². The first kappa shape index (κ1) is 25.6. The molecule has 3 aromatic rings. The lowest BCUT2D eigenvalue weighted by Crippen LogP contribution is -2.66. The van der Waals surface area contributed by atoms with Crippen LogP contribution in [-0.4, -0.2) is 34.5 Å². The fourth-order valence-corrected chi connectivity index (χ4v) is 7.43. The number of H-pyrrole nitrogens is 1. The average Bonchev–Trinajstić information content (AvgIpc) is 3.37. The Hall–Kier alpha value is -3.70. The van der Waals surface area contributed by atoms with E-state index in [1.807, 2.05) is 31.2 Å². The van der Waals surface area contributed by atoms with E-state index < -0.39 is 11.5 Å². The fourth-order valence-electron chi connectivity index (χ4n) is 7.01. The van der Waals surface area contributed by atoms with Gasteiger partial charge in [0.05, 0.1) is 46.6 Å². The normalized spacial score (nSPS) is 28.1. The SMILES string of the molecule is COc1ccc([C@@H]2CC34NC(C)=NC(c5ccc(-c6[nH]ncc6Br)cc5)=C3CCC(C)C4C(=O)C2C#N)cc1. The molecule has 2 fully saturated rings. The molecule has 0 saturated heterocycles. The molecule has 6 rings (SSSR count). The zero-order valence-corrected chi connectivity index (χ0v) is 23.7. The highest BCUT2D eigenvalue weighted by Gasteiger charge is 2.60. The van der Waals surface area contributed by atoms with E-state index in [9.17, 15) is 10.1 Å². The van der Waals surface area contributed by atoms with Gasteiger partial charge in [-0.2, -0.15) is 10.4 Å². The summed E-state index contributed by atoms with van der Waals surface area (Å²) in [4.78, 5) is 19.2. The number of carbonyl (C=O) groups is 1. The lowest BCUT2D eigenvalue weighted by atomic mass is 9.52. The lowest BCUT2D eigenvalue weighted by molar-refractivity contribution is -0.134. The van der Waals surface area contributed by atoms with Crippen molar-refractivity contribution in [3.8, 4) is 23.1 Å². The highest BCUT2D eigenvalue weighted by molar-refractivity contribution is 9.10. The minimum atomic E-state index is -0.688. The number of halogens is 1. The summed E-state index contributed by atoms with van der Waals surface area (Å²) in [6.07, 6.45) is 4.14. The molecule has 0 amide bonds. The molecule has 7 nitrogen and oxygen atoms in total. The number of ether oxygens (including phenoxy) is 1. The number of rotatable bonds is 4. The van der Waals surface area contributed by atoms with Crippen LogP contribution in [0.2, 0.25) is 0 Å². The zero-order chi connectivity index (χ0) is 27.3. The van der Waals surface area contributed by atoms with Gasteiger partial charge in [-0.05, 0) is 71.3 Å². The molecule has 2 aromatic carbocycles. The Morgan fingerprint density at radius 3 is 2.49 bits per heavy atom. The van der Waals surface area contributed by atoms with E-state index in [4.69, 9.17) is 9.73 Å². The Morgan fingerprint density at radius 2 is 1.85 bits per heavy atom. The predicted octanol–water partition coefficient (Wildman–Crippen LogP) is 6.26. The smallest absolute Gasteiger partial charge is 0.156 e. The topological polar surface area (TPSA) is 103 Å². The van der Waals surface area contributed by atoms with Gasteiger partial charge in [0.2, 0.25) is 0 Å². The standard InChI is InChI=1S/C31H30BrN5O2/c1-17-4-13-25-28(20-5-7-21(8-6-20)29-26(32)16-34-37-29)35-18(2)36-31(25)14-23(24(15-33)30(38)27(17)31)19-9-11-22(39-3)12-10-19/h5-12,16-17,23-24,27H,4,13-14H2,1-3H3,(H,34,37)(H,35,36)/t17?,23-,24?,27?,31?/m0/s1. The maximum atomic E-state index is 14.2. The molecule has 4 unspecified atom stereocenters. The number of benzene rings is 2. The first-order valence-electron chi connectivity index (χ1n) is 13.3. The van der Waals surface area contributed by atoms with E-state index in [0.29, 0.717) is 6.42 Å². The van der Waals surface area contributed by atoms with E-state index in [0.717, 1.165) is 57.0 Å². The molecule has 0 radical (unpaired) electrons. The number of nitrogens with one attached hydrogen (secondary N) is 2. The number of hydrogen-bond donors (Lipinski definition) is 2. The summed E-state index contributed by atoms with van der Waals surface area (Å²) in [6.45, 7) is 4.13. The number of amidine groups is 1. The number of ketones is 1. The number of aliphatic imine (C=N–C) groups is 1. The summed E-state index contributed by atoms with van der Waals surface area (Å²) >= 11 is 3.55. The Labute approximate surface area is 236 Å². The van der Waals surface area contributed by atoms with Crippen molar-refractivity contribution in [2.24, 2.45) is 22.7 Å². The molecule has 0 bridgehead atoms. The molecule has 39 heavy (non-hydrogen) atoms. The van der Waals surface area contributed by atoms with Gasteiger partial charge in [-0.15, -0.1) is 0 Å². The molecule has 2 aliphatic carbocycles. The van der Waals surface area contributed by atoms with Crippen molar-refractivity contribution >= 4 is 33.2 Å². The van der Waals surface area contributed by atoms with Gasteiger partial charge in [0, 0.05) is 23.0 Å². The molecule has 2 heterocycles. The van der Waals surface area contributed by atoms with Crippen molar-refractivity contribution < 1.29 is 9.53 Å². The van der Waals surface area contributed by atoms with Crippen LogP contribution in [0, 0.1) is 29.1 Å². The van der Waals surface area contributed by atoms with Gasteiger partial charge in [0.25, 0.3) is 0 Å². The molecule has 8 heteroatoms. The highest BCUT2D eigenvalue weighted by Crippen LogP contribution is 2.56. The second-order valence-electron chi connectivity index (χ2n) is 10.9. The van der Waals surface area contributed by atoms with Crippen LogP contribution in [0.15, 0.2) is 69.8 Å². The minimum absolute atomic E-state index is 0.0373. The number of aromatic amines is 1. The molecule has 2 saturated carbocycles. The average molecular weight is 585 g/mol. The van der Waals surface area contributed by atoms with E-state index in [1.54, 1.807) is 13.3 Å². The molecule has 2 N–H and O–H groups in total. The Morgan fingerprint density at radius 1 is 1.13 bits per heavy atom. The van der Waals surface area contributed by atoms with Gasteiger partial charge in [0.15, 0.2) is 5.78 Å². The van der Waals surface area contributed by atoms with Crippen LogP contribution in [0.25, 0.3) is 17.0 Å². The monoisotopic (exact) mass is 583 g/mol. The van der Waals surface area contributed by atoms with Crippen LogP contribution < -0.4 is 10.1 Å². The van der Waals surface area contributed by atoms with Crippen molar-refractivity contribution in [2.75, 3.05) is 7.11 Å². The zero-order valence-electron chi connectivity index (χ0n) is 22.2. The number of Topliss-reactive ketones (excluding diaryl/α,β-unsaturated/α-hetero) is 1. The molecule has 5 atom stereocenters. The van der Waals surface area contributed by atoms with Crippen LogP contribution in [0.3, 0.4) is 0 Å². The molecule has 3 aliphatic rings. The number of aromatic nitrogens is 2. The summed E-state index contributed by atoms with van der Waals surface area (Å²) in [5, 5.41) is 21.1. The van der Waals surface area contributed by atoms with Gasteiger partial charge < -0.3 is 10.1 Å². The number of carbonyl (C=O) groups excluding carboxylic acids is 1. The van der Waals surface area contributed by atoms with E-state index in [2.05, 4.69) is 68.7 Å². The maximum Gasteiger partial charge on any atom is 0.156 e. The van der Waals surface area contributed by atoms with E-state index in [-0.39, 0.29) is 23.5 Å². The second kappa shape index (κ2) is 9.80. The molecule has 198 valence electrons. The molecule has 1 aromatic heterocycles. The fraction of sp³-hybridized carbons (Fsp3) is 0.355. The largest absolute Gasteiger partial charge is 0.497 e. The number of methoxy groups -OCH3 is 1. The van der Waals surface area contributed by atoms with Crippen molar-refractivity contribution in [2.45, 2.75) is 44.6 Å². The maximum absolute atomic E-state index is 14.2. The Bertz CT molecular complexity index is 1530. The van der Waals surface area contributed by atoms with Crippen molar-refractivity contribution in [1.82, 2.24) is 15.5 Å². The number of hydrogen-bond acceptors (Lipinski definition) is 6. The first-order valence-corrected chi connectivity index (χ1v) is 14.1. The lowest BCUT2D eigenvalue weighted by Gasteiger charge is -2.56. The summed E-state index contributed by atoms with van der Waals surface area (Å²) in [5.74, 6) is 0.538. The number of nitrogens with zero attached hydrogens (tertiary/aromatic N) is 3. The van der Waals surface area contributed by atoms with Gasteiger partial charge in [0.1, 0.15) is 11.7 Å². The van der Waals surface area contributed by atoms with Crippen LogP contribution >= 0.6 is 15.9 Å². The first-order chi connectivity index (χ1) is 18.9. The Kier molecular flexibility index (Phi) is 6.43. The van der Waals surface area contributed by atoms with Crippen molar-refractivity contribution in [3.05, 3.63) is 75.9 Å². The minimum Gasteiger partial charge on any atom is -0.497 e. The third-order valence-corrected chi connectivity index (χ3v) is 9.34. The van der Waals surface area contributed by atoms with Gasteiger partial charge in [-0.1, -0.05) is 43.3 Å². The van der Waals surface area contributed by atoms with Gasteiger partial charge >= 0.3 is 0 Å². The summed E-state index contributed by atoms with van der Waals surface area (Å²) in [7, 11) is 1.64. The van der Waals surface area contributed by atoms with E-state index >= 15 is 0 Å². The highest BCUT2D eigenvalue weighted by atomic mass is 79.9. The second-order valence-corrected chi connectivity index (χ2v) is 11.7. The molecular formula is C31H30BrN5O2. The van der Waals surface area contributed by atoms with Crippen LogP contribution in [0.4, 0.5) is 0 Å². The van der Waals surface area contributed by atoms with Crippen LogP contribution in [0.1, 0.15) is 50.2 Å². The quantitative estimate of drug-likeness (QED) is 0.377. The molecular weight excluding hydrogens is 554 g/mol. The van der Waals surface area contributed by atoms with Crippen LogP contribution in [-0.2, 0) is 4.79 Å². The van der Waals surface area contributed by atoms with Gasteiger partial charge in [-0.25, -0.2) is 4.99 Å². The van der Waals surface area contributed by atoms with Crippen LogP contribution in [0.5, 0.6) is 5.75 Å². The third kappa shape index (κ3) is 4.11. The Balaban J connectivity index is 1.47. The van der Waals surface area contributed by atoms with Crippen molar-refractivity contribution in [3.63, 3.8) is 0 Å². The van der Waals surface area contributed by atoms with Gasteiger partial charge in [-0.3, -0.25) is 9.89 Å². The predicted molar refractivity (Wildman–Crippen MR) is 154 cm³/mol. The summed E-state index contributed by atoms with van der Waals surface area (Å²) < 4.78 is 6.27. The van der Waals surface area contributed by atoms with Crippen molar-refractivity contribution in [1.29, 1.82) is 5.26 Å². The molecule has 1 spiro atoms. The summed E-state index contributed by atoms with van der Waals surface area (Å²) in [6, 6.07) is 18.5. The number of nitriles is 1.